The van der Waals surface area contributed by atoms with Crippen molar-refractivity contribution in [2.45, 2.75) is 71.1 Å². The molecule has 0 bridgehead atoms. The topological polar surface area (TPSA) is 59.0 Å². The van der Waals surface area contributed by atoms with Crippen LogP contribution in [-0.2, 0) is 13.6 Å². The van der Waals surface area contributed by atoms with E-state index in [2.05, 4.69) is 0 Å². The maximum Gasteiger partial charge on any atom is 0.353 e. The zero-order valence-electron chi connectivity index (χ0n) is 12.6. The van der Waals surface area contributed by atoms with Crippen molar-refractivity contribution in [1.29, 1.82) is 0 Å². The van der Waals surface area contributed by atoms with E-state index in [9.17, 15) is 9.77 Å². The van der Waals surface area contributed by atoms with Crippen LogP contribution in [0.1, 0.15) is 59.8 Å². The van der Waals surface area contributed by atoms with Gasteiger partial charge in [-0.1, -0.05) is 19.3 Å². The fourth-order valence-electron chi connectivity index (χ4n) is 2.84. The second-order valence-electron chi connectivity index (χ2n) is 5.31. The van der Waals surface area contributed by atoms with Crippen LogP contribution in [0.25, 0.3) is 0 Å². The van der Waals surface area contributed by atoms with E-state index >= 15 is 0 Å². The Morgan fingerprint density at radius 2 is 1.63 bits per heavy atom. The first kappa shape index (κ1) is 17.1. The van der Waals surface area contributed by atoms with E-state index in [1.807, 2.05) is 13.8 Å². The lowest BCUT2D eigenvalue weighted by atomic mass is 9.94. The van der Waals surface area contributed by atoms with Gasteiger partial charge in [0.2, 0.25) is 0 Å². The molecule has 1 saturated carbocycles. The van der Waals surface area contributed by atoms with Crippen molar-refractivity contribution in [3.8, 4) is 0 Å². The van der Waals surface area contributed by atoms with E-state index < -0.39 is 12.9 Å². The molecule has 0 aromatic carbocycles. The zero-order chi connectivity index (χ0) is 14.5. The summed E-state index contributed by atoms with van der Waals surface area (Å²) in [6.07, 6.45) is 4.28. The van der Waals surface area contributed by atoms with E-state index in [-0.39, 0.29) is 6.04 Å². The van der Waals surface area contributed by atoms with E-state index in [4.69, 9.17) is 9.05 Å². The van der Waals surface area contributed by atoms with Crippen LogP contribution < -0.4 is 0 Å². The third kappa shape index (κ3) is 3.40. The van der Waals surface area contributed by atoms with Gasteiger partial charge in [0, 0.05) is 6.04 Å². The largest absolute Gasteiger partial charge is 0.353 e. The molecular formula is C13H28NO4P. The Bertz CT molecular complexity index is 306. The van der Waals surface area contributed by atoms with Crippen molar-refractivity contribution < 1.29 is 18.8 Å². The maximum atomic E-state index is 13.2. The molecular weight excluding hydrogens is 265 g/mol. The summed E-state index contributed by atoms with van der Waals surface area (Å²) in [5, 5.41) is 10.8. The molecule has 1 aliphatic carbocycles. The Morgan fingerprint density at radius 3 is 2.00 bits per heavy atom. The Morgan fingerprint density at radius 1 is 1.16 bits per heavy atom. The average molecular weight is 293 g/mol. The van der Waals surface area contributed by atoms with Gasteiger partial charge in [-0.05, 0) is 40.5 Å². The van der Waals surface area contributed by atoms with Crippen molar-refractivity contribution in [3.63, 3.8) is 0 Å². The summed E-state index contributed by atoms with van der Waals surface area (Å²) in [7, 11) is -3.36. The quantitative estimate of drug-likeness (QED) is 0.567. The summed E-state index contributed by atoms with van der Waals surface area (Å²) >= 11 is 0. The van der Waals surface area contributed by atoms with Crippen LogP contribution in [0, 0.1) is 0 Å². The molecule has 19 heavy (non-hydrogen) atoms. The van der Waals surface area contributed by atoms with Gasteiger partial charge in [-0.2, -0.15) is 5.06 Å². The van der Waals surface area contributed by atoms with Crippen LogP contribution in [0.3, 0.4) is 0 Å². The molecule has 0 unspecified atom stereocenters. The Kier molecular flexibility index (Phi) is 6.48. The third-order valence-electron chi connectivity index (χ3n) is 3.68. The van der Waals surface area contributed by atoms with Gasteiger partial charge >= 0.3 is 7.60 Å². The zero-order valence-corrected chi connectivity index (χ0v) is 13.5. The lowest BCUT2D eigenvalue weighted by Crippen LogP contribution is -2.51. The standard InChI is InChI=1S/C13H28NO4P/c1-5-17-19(16,18-6-2)13(14(15)12(3)4)10-8-7-9-11-13/h12,15H,5-11H2,1-4H3. The maximum absolute atomic E-state index is 13.2. The van der Waals surface area contributed by atoms with Crippen LogP contribution in [0.4, 0.5) is 0 Å². The lowest BCUT2D eigenvalue weighted by Gasteiger charge is -2.47. The number of hydroxylamine groups is 2. The monoisotopic (exact) mass is 293 g/mol. The van der Waals surface area contributed by atoms with E-state index in [1.165, 1.54) is 5.06 Å². The highest BCUT2D eigenvalue weighted by Crippen LogP contribution is 2.66. The van der Waals surface area contributed by atoms with Crippen LogP contribution in [-0.4, -0.2) is 34.8 Å². The van der Waals surface area contributed by atoms with Gasteiger partial charge in [-0.3, -0.25) is 4.57 Å². The first-order chi connectivity index (χ1) is 8.93. The van der Waals surface area contributed by atoms with Gasteiger partial charge in [0.1, 0.15) is 5.28 Å². The SMILES string of the molecule is CCOP(=O)(OCC)C1(N(O)C(C)C)CCCCC1. The van der Waals surface area contributed by atoms with Crippen LogP contribution in [0.5, 0.6) is 0 Å². The smallest absolute Gasteiger partial charge is 0.313 e. The molecule has 0 aromatic heterocycles. The van der Waals surface area contributed by atoms with E-state index in [1.54, 1.807) is 13.8 Å². The van der Waals surface area contributed by atoms with Crippen molar-refractivity contribution in [2.24, 2.45) is 0 Å². The molecule has 0 aromatic rings. The van der Waals surface area contributed by atoms with Crippen LogP contribution in [0.2, 0.25) is 0 Å². The summed E-state index contributed by atoms with van der Waals surface area (Å²) in [5.74, 6) is 0. The Balaban J connectivity index is 3.15. The number of hydrogen-bond acceptors (Lipinski definition) is 5. The van der Waals surface area contributed by atoms with Crippen molar-refractivity contribution in [1.82, 2.24) is 5.06 Å². The molecule has 0 spiro atoms. The summed E-state index contributed by atoms with van der Waals surface area (Å²) < 4.78 is 24.2. The molecule has 0 amide bonds. The van der Waals surface area contributed by atoms with Crippen molar-refractivity contribution in [2.75, 3.05) is 13.2 Å². The molecule has 6 heteroatoms. The lowest BCUT2D eigenvalue weighted by molar-refractivity contribution is -0.182. The molecule has 0 atom stereocenters. The van der Waals surface area contributed by atoms with Crippen LogP contribution >= 0.6 is 7.60 Å². The second kappa shape index (κ2) is 7.19. The summed E-state index contributed by atoms with van der Waals surface area (Å²) in [4.78, 5) is 0. The van der Waals surface area contributed by atoms with E-state index in [0.29, 0.717) is 26.1 Å². The summed E-state index contributed by atoms with van der Waals surface area (Å²) in [6, 6.07) is -0.118. The molecule has 0 aliphatic heterocycles. The highest BCUT2D eigenvalue weighted by molar-refractivity contribution is 7.55. The highest BCUT2D eigenvalue weighted by atomic mass is 31.2. The van der Waals surface area contributed by atoms with Gasteiger partial charge in [0.05, 0.1) is 13.2 Å². The first-order valence-corrected chi connectivity index (χ1v) is 8.85. The summed E-state index contributed by atoms with van der Waals surface area (Å²) in [5.41, 5.74) is 0. The van der Waals surface area contributed by atoms with Crippen LogP contribution in [0.15, 0.2) is 0 Å². The molecule has 1 N–H and O–H groups in total. The third-order valence-corrected chi connectivity index (χ3v) is 6.55. The number of rotatable bonds is 7. The highest BCUT2D eigenvalue weighted by Gasteiger charge is 2.55. The van der Waals surface area contributed by atoms with Crippen molar-refractivity contribution >= 4 is 7.60 Å². The summed E-state index contributed by atoms with van der Waals surface area (Å²) in [6.45, 7) is 8.03. The molecule has 1 fully saturated rings. The van der Waals surface area contributed by atoms with Crippen molar-refractivity contribution in [3.05, 3.63) is 0 Å². The first-order valence-electron chi connectivity index (χ1n) is 7.31. The minimum absolute atomic E-state index is 0.118. The second-order valence-corrected chi connectivity index (χ2v) is 7.66. The van der Waals surface area contributed by atoms with Gasteiger partial charge in [0.15, 0.2) is 0 Å². The van der Waals surface area contributed by atoms with Gasteiger partial charge < -0.3 is 14.3 Å². The molecule has 5 nitrogen and oxygen atoms in total. The predicted molar refractivity (Wildman–Crippen MR) is 75.4 cm³/mol. The molecule has 0 radical (unpaired) electrons. The van der Waals surface area contributed by atoms with Gasteiger partial charge in [-0.15, -0.1) is 0 Å². The molecule has 0 saturated heterocycles. The number of nitrogens with zero attached hydrogens (tertiary/aromatic N) is 1. The fraction of sp³-hybridized carbons (Fsp3) is 1.00. The molecule has 114 valence electrons. The van der Waals surface area contributed by atoms with Gasteiger partial charge in [0.25, 0.3) is 0 Å². The predicted octanol–water partition coefficient (Wildman–Crippen LogP) is 4.01. The van der Waals surface area contributed by atoms with Gasteiger partial charge in [-0.25, -0.2) is 0 Å². The number of hydrogen-bond donors (Lipinski definition) is 1. The Labute approximate surface area is 116 Å². The molecule has 1 aliphatic rings. The normalized spacial score (nSPS) is 20.2. The minimum atomic E-state index is -3.36. The van der Waals surface area contributed by atoms with E-state index in [0.717, 1.165) is 19.3 Å². The molecule has 1 rings (SSSR count). The minimum Gasteiger partial charge on any atom is -0.313 e. The molecule has 0 heterocycles. The average Bonchev–Trinajstić information content (AvgIpc) is 2.39. The fourth-order valence-corrected chi connectivity index (χ4v) is 5.43. The Hall–Kier alpha value is 0.0700.